The van der Waals surface area contributed by atoms with Crippen LogP contribution in [0.3, 0.4) is 0 Å². The van der Waals surface area contributed by atoms with Crippen molar-refractivity contribution in [1.82, 2.24) is 0 Å². The lowest BCUT2D eigenvalue weighted by molar-refractivity contribution is 0.0565. The van der Waals surface area contributed by atoms with Crippen LogP contribution in [-0.2, 0) is 4.74 Å². The van der Waals surface area contributed by atoms with Crippen molar-refractivity contribution >= 4 is 6.16 Å². The van der Waals surface area contributed by atoms with Gasteiger partial charge in [0.1, 0.15) is 0 Å². The van der Waals surface area contributed by atoms with Crippen LogP contribution in [0.4, 0.5) is 4.79 Å². The molecule has 56 valence electrons. The van der Waals surface area contributed by atoms with E-state index in [0.717, 1.165) is 0 Å². The smallest absolute Gasteiger partial charge is 0.450 e. The summed E-state index contributed by atoms with van der Waals surface area (Å²) in [6.07, 6.45) is 3.03. The average Bonchev–Trinajstić information content (AvgIpc) is 1.81. The molecule has 1 atom stereocenters. The van der Waals surface area contributed by atoms with Gasteiger partial charge in [-0.25, -0.2) is 4.79 Å². The largest absolute Gasteiger partial charge is 0.507 e. The first-order chi connectivity index (χ1) is 4.57. The van der Waals surface area contributed by atoms with Crippen molar-refractivity contribution in [3.63, 3.8) is 0 Å². The van der Waals surface area contributed by atoms with E-state index in [9.17, 15) is 4.79 Å². The molecule has 0 aliphatic carbocycles. The van der Waals surface area contributed by atoms with E-state index in [2.05, 4.69) is 10.7 Å². The zero-order valence-electron chi connectivity index (χ0n) is 6.00. The lowest BCUT2D eigenvalue weighted by Gasteiger charge is -2.12. The molecule has 0 amide bonds. The third kappa shape index (κ3) is 2.98. The van der Waals surface area contributed by atoms with Crippen molar-refractivity contribution in [3.8, 4) is 12.3 Å². The minimum atomic E-state index is -1.32. The van der Waals surface area contributed by atoms with E-state index in [1.54, 1.807) is 13.8 Å². The van der Waals surface area contributed by atoms with Crippen LogP contribution < -0.4 is 0 Å². The van der Waals surface area contributed by atoms with E-state index in [-0.39, 0.29) is 5.92 Å². The molecule has 0 aromatic rings. The Kier molecular flexibility index (Phi) is 3.34. The fourth-order valence-corrected chi connectivity index (χ4v) is 0.471. The Balaban J connectivity index is 3.87. The second kappa shape index (κ2) is 3.78. The van der Waals surface area contributed by atoms with Crippen molar-refractivity contribution in [2.45, 2.75) is 20.0 Å². The average molecular weight is 142 g/mol. The topological polar surface area (TPSA) is 46.5 Å². The molecule has 3 nitrogen and oxygen atoms in total. The van der Waals surface area contributed by atoms with Crippen LogP contribution >= 0.6 is 0 Å². The Bertz CT molecular complexity index is 155. The highest BCUT2D eigenvalue weighted by Gasteiger charge is 2.13. The highest BCUT2D eigenvalue weighted by atomic mass is 16.7. The van der Waals surface area contributed by atoms with Crippen LogP contribution in [-0.4, -0.2) is 17.4 Å². The van der Waals surface area contributed by atoms with Crippen LogP contribution in [0.1, 0.15) is 13.8 Å². The summed E-state index contributed by atoms with van der Waals surface area (Å²) in [5.74, 6) is 2.26. The van der Waals surface area contributed by atoms with Gasteiger partial charge in [-0.05, 0) is 0 Å². The fraction of sp³-hybridized carbons (Fsp3) is 0.571. The molecule has 10 heavy (non-hydrogen) atoms. The molecule has 0 rings (SSSR count). The van der Waals surface area contributed by atoms with E-state index >= 15 is 0 Å². The summed E-state index contributed by atoms with van der Waals surface area (Å²) >= 11 is 0. The van der Waals surface area contributed by atoms with Crippen LogP contribution in [0, 0.1) is 18.3 Å². The molecule has 0 spiro atoms. The second-order valence-electron chi connectivity index (χ2n) is 2.22. The summed E-state index contributed by atoms with van der Waals surface area (Å²) in [5.41, 5.74) is 0. The van der Waals surface area contributed by atoms with E-state index in [1.807, 2.05) is 0 Å². The molecule has 0 fully saturated rings. The van der Waals surface area contributed by atoms with E-state index in [0.29, 0.717) is 0 Å². The molecule has 0 bridgehead atoms. The highest BCUT2D eigenvalue weighted by molar-refractivity contribution is 5.57. The number of ether oxygens (including phenoxy) is 1. The third-order valence-electron chi connectivity index (χ3n) is 0.998. The van der Waals surface area contributed by atoms with Crippen molar-refractivity contribution < 1.29 is 14.6 Å². The minimum Gasteiger partial charge on any atom is -0.450 e. The Morgan fingerprint density at radius 3 is 2.30 bits per heavy atom. The Hall–Kier alpha value is -1.17. The summed E-state index contributed by atoms with van der Waals surface area (Å²) in [4.78, 5) is 9.96. The van der Waals surface area contributed by atoms with Crippen LogP contribution in [0.5, 0.6) is 0 Å². The minimum absolute atomic E-state index is 0.0288. The first kappa shape index (κ1) is 8.83. The first-order valence-corrected chi connectivity index (χ1v) is 2.93. The molecule has 0 heterocycles. The summed E-state index contributed by atoms with van der Waals surface area (Å²) in [5, 5.41) is 8.15. The molecule has 0 aliphatic rings. The number of terminal acetylenes is 1. The van der Waals surface area contributed by atoms with Gasteiger partial charge in [0.2, 0.25) is 0 Å². The Labute approximate surface area is 60.0 Å². The number of hydrogen-bond donors (Lipinski definition) is 1. The molecule has 0 radical (unpaired) electrons. The molecular formula is C7H10O3. The second-order valence-corrected chi connectivity index (χ2v) is 2.22. The molecule has 1 N–H and O–H groups in total. The van der Waals surface area contributed by atoms with Crippen LogP contribution in [0.25, 0.3) is 0 Å². The van der Waals surface area contributed by atoms with Gasteiger partial charge in [0, 0.05) is 5.92 Å². The molecule has 1 unspecified atom stereocenters. The van der Waals surface area contributed by atoms with Crippen molar-refractivity contribution in [3.05, 3.63) is 0 Å². The fourth-order valence-electron chi connectivity index (χ4n) is 0.471. The molecule has 0 aromatic heterocycles. The summed E-state index contributed by atoms with van der Waals surface area (Å²) in [6, 6.07) is 0. The van der Waals surface area contributed by atoms with E-state index in [4.69, 9.17) is 11.5 Å². The summed E-state index contributed by atoms with van der Waals surface area (Å²) < 4.78 is 4.34. The van der Waals surface area contributed by atoms with Crippen molar-refractivity contribution in [2.24, 2.45) is 5.92 Å². The summed E-state index contributed by atoms with van der Waals surface area (Å²) in [6.45, 7) is 3.60. The number of rotatable bonds is 2. The maximum Gasteiger partial charge on any atom is 0.507 e. The lowest BCUT2D eigenvalue weighted by Crippen LogP contribution is -2.20. The molecule has 3 heteroatoms. The van der Waals surface area contributed by atoms with Gasteiger partial charge >= 0.3 is 6.16 Å². The SMILES string of the molecule is C#CC(OC(=O)O)C(C)C. The number of hydrogen-bond acceptors (Lipinski definition) is 2. The molecule has 0 aromatic carbocycles. The zero-order valence-corrected chi connectivity index (χ0v) is 6.00. The van der Waals surface area contributed by atoms with Gasteiger partial charge in [0.15, 0.2) is 6.10 Å². The molecule has 0 saturated heterocycles. The first-order valence-electron chi connectivity index (χ1n) is 2.93. The summed E-state index contributed by atoms with van der Waals surface area (Å²) in [7, 11) is 0. The van der Waals surface area contributed by atoms with Gasteiger partial charge in [-0.3, -0.25) is 0 Å². The van der Waals surface area contributed by atoms with Crippen LogP contribution in [0.2, 0.25) is 0 Å². The monoisotopic (exact) mass is 142 g/mol. The number of carboxylic acid groups (broad SMARTS) is 1. The van der Waals surface area contributed by atoms with Gasteiger partial charge in [-0.15, -0.1) is 6.42 Å². The van der Waals surface area contributed by atoms with Gasteiger partial charge in [-0.1, -0.05) is 19.8 Å². The zero-order chi connectivity index (χ0) is 8.15. The van der Waals surface area contributed by atoms with Crippen molar-refractivity contribution in [2.75, 3.05) is 0 Å². The van der Waals surface area contributed by atoms with E-state index in [1.165, 1.54) is 0 Å². The van der Waals surface area contributed by atoms with Gasteiger partial charge in [0.25, 0.3) is 0 Å². The maximum atomic E-state index is 9.96. The predicted molar refractivity (Wildman–Crippen MR) is 36.6 cm³/mol. The Morgan fingerprint density at radius 2 is 2.20 bits per heavy atom. The maximum absolute atomic E-state index is 9.96. The normalized spacial score (nSPS) is 12.2. The quantitative estimate of drug-likeness (QED) is 0.467. The lowest BCUT2D eigenvalue weighted by atomic mass is 10.1. The van der Waals surface area contributed by atoms with Gasteiger partial charge in [0.05, 0.1) is 0 Å². The highest BCUT2D eigenvalue weighted by Crippen LogP contribution is 2.04. The van der Waals surface area contributed by atoms with Crippen LogP contribution in [0.15, 0.2) is 0 Å². The number of carbonyl (C=O) groups is 1. The van der Waals surface area contributed by atoms with Gasteiger partial charge in [-0.2, -0.15) is 0 Å². The molecule has 0 aliphatic heterocycles. The predicted octanol–water partition coefficient (Wildman–Crippen LogP) is 1.34. The van der Waals surface area contributed by atoms with Gasteiger partial charge < -0.3 is 9.84 Å². The third-order valence-corrected chi connectivity index (χ3v) is 0.998. The Morgan fingerprint density at radius 1 is 1.70 bits per heavy atom. The molecule has 0 saturated carbocycles. The standard InChI is InChI=1S/C7H10O3/c1-4-6(5(2)3)10-7(8)9/h1,5-6H,2-3H3,(H,8,9). The van der Waals surface area contributed by atoms with Crippen molar-refractivity contribution in [1.29, 1.82) is 0 Å². The van der Waals surface area contributed by atoms with E-state index < -0.39 is 12.3 Å². The molecular weight excluding hydrogens is 132 g/mol.